The van der Waals surface area contributed by atoms with Gasteiger partial charge in [-0.25, -0.2) is 0 Å². The molecule has 0 aliphatic rings. The lowest BCUT2D eigenvalue weighted by Gasteiger charge is -2.11. The van der Waals surface area contributed by atoms with E-state index in [2.05, 4.69) is 34.7 Å². The zero-order valence-electron chi connectivity index (χ0n) is 20.3. The van der Waals surface area contributed by atoms with Crippen molar-refractivity contribution < 1.29 is 14.3 Å². The number of aryl methyl sites for hydroxylation is 1. The van der Waals surface area contributed by atoms with Crippen molar-refractivity contribution in [2.75, 3.05) is 17.7 Å². The van der Waals surface area contributed by atoms with Crippen molar-refractivity contribution in [3.8, 4) is 5.75 Å². The molecule has 0 aliphatic carbocycles. The van der Waals surface area contributed by atoms with Gasteiger partial charge in [0.15, 0.2) is 17.6 Å². The smallest absolute Gasteiger partial charge is 0.258 e. The number of nitrogens with zero attached hydrogens (tertiary/aromatic N) is 3. The van der Waals surface area contributed by atoms with E-state index in [1.165, 1.54) is 17.3 Å². The number of aromatic nitrogens is 3. The van der Waals surface area contributed by atoms with Crippen LogP contribution in [0.5, 0.6) is 5.75 Å². The van der Waals surface area contributed by atoms with Crippen LogP contribution in [0.15, 0.2) is 47.6 Å². The number of benzene rings is 2. The first-order valence-electron chi connectivity index (χ1n) is 11.4. The predicted molar refractivity (Wildman–Crippen MR) is 139 cm³/mol. The topological polar surface area (TPSA) is 98.1 Å². The van der Waals surface area contributed by atoms with Crippen molar-refractivity contribution in [1.29, 1.82) is 0 Å². The van der Waals surface area contributed by atoms with Crippen molar-refractivity contribution in [2.45, 2.75) is 51.9 Å². The number of hydrogen-bond donors (Lipinski definition) is 2. The summed E-state index contributed by atoms with van der Waals surface area (Å²) in [4.78, 5) is 24.7. The van der Waals surface area contributed by atoms with E-state index in [1.54, 1.807) is 12.1 Å². The van der Waals surface area contributed by atoms with Gasteiger partial charge in [0.1, 0.15) is 5.75 Å². The summed E-state index contributed by atoms with van der Waals surface area (Å²) in [7, 11) is 0. The maximum atomic E-state index is 12.4. The maximum Gasteiger partial charge on any atom is 0.258 e. The van der Waals surface area contributed by atoms with Crippen molar-refractivity contribution in [3.05, 3.63) is 64.4 Å². The zero-order chi connectivity index (χ0) is 25.4. The number of nitrogens with one attached hydrogen (secondary N) is 2. The molecule has 3 rings (SSSR count). The van der Waals surface area contributed by atoms with E-state index < -0.39 is 0 Å². The minimum atomic E-state index is -0.255. The van der Waals surface area contributed by atoms with Crippen molar-refractivity contribution in [1.82, 2.24) is 20.1 Å². The molecule has 0 saturated heterocycles. The zero-order valence-corrected chi connectivity index (χ0v) is 21.9. The van der Waals surface area contributed by atoms with Gasteiger partial charge in [-0.1, -0.05) is 55.4 Å². The number of ether oxygens (including phenoxy) is 1. The number of anilines is 1. The first-order valence-corrected chi connectivity index (χ1v) is 12.7. The number of halogens is 1. The molecule has 0 saturated carbocycles. The average Bonchev–Trinajstić information content (AvgIpc) is 3.24. The molecule has 0 bridgehead atoms. The summed E-state index contributed by atoms with van der Waals surface area (Å²) < 4.78 is 7.44. The van der Waals surface area contributed by atoms with Gasteiger partial charge in [-0.15, -0.1) is 10.2 Å². The Bertz CT molecular complexity index is 1160. The third kappa shape index (κ3) is 7.73. The Morgan fingerprint density at radius 1 is 1.11 bits per heavy atom. The van der Waals surface area contributed by atoms with E-state index in [-0.39, 0.29) is 30.7 Å². The van der Waals surface area contributed by atoms with Crippen LogP contribution in [0.25, 0.3) is 0 Å². The monoisotopic (exact) mass is 515 g/mol. The van der Waals surface area contributed by atoms with Gasteiger partial charge >= 0.3 is 0 Å². The molecule has 0 unspecified atom stereocenters. The van der Waals surface area contributed by atoms with Gasteiger partial charge in [0.2, 0.25) is 5.91 Å². The summed E-state index contributed by atoms with van der Waals surface area (Å²) in [6.07, 6.45) is 0. The van der Waals surface area contributed by atoms with Crippen LogP contribution < -0.4 is 15.4 Å². The maximum absolute atomic E-state index is 12.4. The van der Waals surface area contributed by atoms with Crippen LogP contribution in [0, 0.1) is 6.92 Å². The van der Waals surface area contributed by atoms with E-state index in [0.717, 1.165) is 5.56 Å². The molecule has 1 heterocycles. The van der Waals surface area contributed by atoms with Gasteiger partial charge in [0.25, 0.3) is 5.91 Å². The van der Waals surface area contributed by atoms with E-state index >= 15 is 0 Å². The molecule has 10 heteroatoms. The molecular weight excluding hydrogens is 486 g/mol. The second kappa shape index (κ2) is 12.6. The summed E-state index contributed by atoms with van der Waals surface area (Å²) in [5.41, 5.74) is 2.83. The molecule has 8 nitrogen and oxygen atoms in total. The first-order chi connectivity index (χ1) is 16.8. The molecule has 3 aromatic rings. The lowest BCUT2D eigenvalue weighted by molar-refractivity contribution is -0.123. The van der Waals surface area contributed by atoms with Crippen LogP contribution >= 0.6 is 23.4 Å². The number of rotatable bonds is 11. The number of amides is 2. The van der Waals surface area contributed by atoms with Gasteiger partial charge in [0.05, 0.1) is 12.3 Å². The Morgan fingerprint density at radius 3 is 2.54 bits per heavy atom. The van der Waals surface area contributed by atoms with Crippen LogP contribution in [-0.4, -0.2) is 38.9 Å². The molecule has 2 aromatic carbocycles. The molecule has 0 atom stereocenters. The Balaban J connectivity index is 1.48. The highest BCUT2D eigenvalue weighted by Crippen LogP contribution is 2.22. The molecule has 0 fully saturated rings. The number of hydrogen-bond acceptors (Lipinski definition) is 6. The van der Waals surface area contributed by atoms with E-state index in [1.807, 2.05) is 48.7 Å². The van der Waals surface area contributed by atoms with Crippen LogP contribution in [0.2, 0.25) is 5.02 Å². The molecule has 2 amide bonds. The van der Waals surface area contributed by atoms with Gasteiger partial charge < -0.3 is 19.9 Å². The predicted octanol–water partition coefficient (Wildman–Crippen LogP) is 4.81. The van der Waals surface area contributed by atoms with E-state index in [9.17, 15) is 9.59 Å². The van der Waals surface area contributed by atoms with Gasteiger partial charge in [0, 0.05) is 17.3 Å². The molecule has 2 N–H and O–H groups in total. The molecule has 0 aliphatic heterocycles. The Hall–Kier alpha value is -3.04. The van der Waals surface area contributed by atoms with Crippen molar-refractivity contribution in [3.63, 3.8) is 0 Å². The van der Waals surface area contributed by atoms with Gasteiger partial charge in [-0.2, -0.15) is 0 Å². The highest BCUT2D eigenvalue weighted by Gasteiger charge is 2.15. The fourth-order valence-electron chi connectivity index (χ4n) is 3.25. The average molecular weight is 516 g/mol. The molecule has 186 valence electrons. The second-order valence-electron chi connectivity index (χ2n) is 8.23. The van der Waals surface area contributed by atoms with Crippen molar-refractivity contribution in [2.24, 2.45) is 0 Å². The van der Waals surface area contributed by atoms with E-state index in [0.29, 0.717) is 39.9 Å². The summed E-state index contributed by atoms with van der Waals surface area (Å²) in [5, 5.41) is 15.2. The standard InChI is InChI=1S/C25H30ClN5O3S/c1-5-31-22(13-27-23(32)14-34-20-10-7-18(8-11-20)16(2)3)29-30-25(31)35-15-24(33)28-21-12-19(26)9-6-17(21)4/h6-12,16H,5,13-15H2,1-4H3,(H,27,32)(H,28,33). The summed E-state index contributed by atoms with van der Waals surface area (Å²) in [6, 6.07) is 13.1. The Morgan fingerprint density at radius 2 is 1.86 bits per heavy atom. The summed E-state index contributed by atoms with van der Waals surface area (Å²) >= 11 is 7.30. The normalized spacial score (nSPS) is 10.9. The lowest BCUT2D eigenvalue weighted by Crippen LogP contribution is -2.29. The Kier molecular flexibility index (Phi) is 9.56. The minimum absolute atomic E-state index is 0.0913. The third-order valence-corrected chi connectivity index (χ3v) is 6.48. The largest absolute Gasteiger partial charge is 0.484 e. The molecular formula is C25H30ClN5O3S. The fraction of sp³-hybridized carbons (Fsp3) is 0.360. The van der Waals surface area contributed by atoms with E-state index in [4.69, 9.17) is 16.3 Å². The number of carbonyl (C=O) groups is 2. The first kappa shape index (κ1) is 26.6. The lowest BCUT2D eigenvalue weighted by atomic mass is 10.0. The molecule has 1 aromatic heterocycles. The molecule has 35 heavy (non-hydrogen) atoms. The third-order valence-electron chi connectivity index (χ3n) is 5.28. The highest BCUT2D eigenvalue weighted by molar-refractivity contribution is 7.99. The minimum Gasteiger partial charge on any atom is -0.484 e. The van der Waals surface area contributed by atoms with Crippen LogP contribution in [0.3, 0.4) is 0 Å². The summed E-state index contributed by atoms with van der Waals surface area (Å²) in [6.45, 7) is 8.83. The number of carbonyl (C=O) groups excluding carboxylic acids is 2. The Labute approximate surface area is 214 Å². The van der Waals surface area contributed by atoms with Gasteiger partial charge in [-0.05, 0) is 55.2 Å². The highest BCUT2D eigenvalue weighted by atomic mass is 35.5. The van der Waals surface area contributed by atoms with Crippen molar-refractivity contribution >= 4 is 40.9 Å². The van der Waals surface area contributed by atoms with Crippen LogP contribution in [0.1, 0.15) is 43.6 Å². The summed E-state index contributed by atoms with van der Waals surface area (Å²) in [5.74, 6) is 1.43. The molecule has 0 radical (unpaired) electrons. The fourth-order valence-corrected chi connectivity index (χ4v) is 4.24. The quantitative estimate of drug-likeness (QED) is 0.356. The SMILES string of the molecule is CCn1c(CNC(=O)COc2ccc(C(C)C)cc2)nnc1SCC(=O)Nc1cc(Cl)ccc1C. The number of thioether (sulfide) groups is 1. The van der Waals surface area contributed by atoms with Crippen LogP contribution in [-0.2, 0) is 22.7 Å². The second-order valence-corrected chi connectivity index (χ2v) is 9.61. The van der Waals surface area contributed by atoms with Gasteiger partial charge in [-0.3, -0.25) is 9.59 Å². The molecule has 0 spiro atoms. The van der Waals surface area contributed by atoms with Crippen LogP contribution in [0.4, 0.5) is 5.69 Å².